The van der Waals surface area contributed by atoms with Gasteiger partial charge in [0, 0.05) is 16.8 Å². The summed E-state index contributed by atoms with van der Waals surface area (Å²) in [5.41, 5.74) is 1.28. The highest BCUT2D eigenvalue weighted by Crippen LogP contribution is 2.30. The lowest BCUT2D eigenvalue weighted by molar-refractivity contribution is 0.432. The van der Waals surface area contributed by atoms with Crippen LogP contribution in [0, 0.1) is 0 Å². The molecule has 0 atom stereocenters. The summed E-state index contributed by atoms with van der Waals surface area (Å²) >= 11 is 17.8. The second kappa shape index (κ2) is 5.40. The molecule has 0 bridgehead atoms. The van der Waals surface area contributed by atoms with Crippen LogP contribution in [0.3, 0.4) is 0 Å². The predicted molar refractivity (Wildman–Crippen MR) is 78.0 cm³/mol. The minimum atomic E-state index is 0.334. The highest BCUT2D eigenvalue weighted by atomic mass is 35.5. The fourth-order valence-electron chi connectivity index (χ4n) is 1.62. The maximum atomic E-state index is 6.10. The zero-order valence-electron chi connectivity index (χ0n) is 9.85. The Morgan fingerprint density at radius 1 is 1.00 bits per heavy atom. The number of nitrogens with zero attached hydrogens (tertiary/aromatic N) is 3. The SMILES string of the molecule is Clc1ccc(Cl)c(-c2noc(-c3ccc(Cl)nc3)n2)c1. The number of pyridine rings is 1. The molecular weight excluding hydrogens is 321 g/mol. The second-order valence-corrected chi connectivity index (χ2v) is 5.15. The van der Waals surface area contributed by atoms with E-state index >= 15 is 0 Å². The van der Waals surface area contributed by atoms with Crippen LogP contribution < -0.4 is 0 Å². The van der Waals surface area contributed by atoms with Crippen LogP contribution in [0.4, 0.5) is 0 Å². The molecule has 0 aliphatic rings. The number of hydrogen-bond acceptors (Lipinski definition) is 4. The lowest BCUT2D eigenvalue weighted by Gasteiger charge is -1.98. The van der Waals surface area contributed by atoms with Gasteiger partial charge in [-0.2, -0.15) is 4.98 Å². The summed E-state index contributed by atoms with van der Waals surface area (Å²) < 4.78 is 5.19. The Hall–Kier alpha value is -1.62. The van der Waals surface area contributed by atoms with E-state index in [0.29, 0.717) is 38.0 Å². The first-order chi connectivity index (χ1) is 9.63. The molecule has 2 heterocycles. The molecular formula is C13H6Cl3N3O. The van der Waals surface area contributed by atoms with Crippen molar-refractivity contribution in [1.82, 2.24) is 15.1 Å². The smallest absolute Gasteiger partial charge is 0.259 e. The topological polar surface area (TPSA) is 51.8 Å². The van der Waals surface area contributed by atoms with Crippen molar-refractivity contribution in [2.45, 2.75) is 0 Å². The molecule has 0 amide bonds. The number of halogens is 3. The van der Waals surface area contributed by atoms with Gasteiger partial charge in [-0.1, -0.05) is 40.0 Å². The molecule has 0 aliphatic heterocycles. The zero-order valence-corrected chi connectivity index (χ0v) is 12.1. The van der Waals surface area contributed by atoms with Crippen LogP contribution in [0.2, 0.25) is 15.2 Å². The Morgan fingerprint density at radius 3 is 2.60 bits per heavy atom. The van der Waals surface area contributed by atoms with E-state index in [9.17, 15) is 0 Å². The molecule has 3 aromatic rings. The largest absolute Gasteiger partial charge is 0.334 e. The van der Waals surface area contributed by atoms with Gasteiger partial charge in [-0.25, -0.2) is 4.98 Å². The van der Waals surface area contributed by atoms with Gasteiger partial charge >= 0.3 is 0 Å². The van der Waals surface area contributed by atoms with Crippen molar-refractivity contribution in [3.63, 3.8) is 0 Å². The lowest BCUT2D eigenvalue weighted by Crippen LogP contribution is -1.84. The number of aromatic nitrogens is 3. The van der Waals surface area contributed by atoms with Crippen molar-refractivity contribution in [3.05, 3.63) is 51.7 Å². The molecule has 0 saturated heterocycles. The normalized spacial score (nSPS) is 10.8. The average Bonchev–Trinajstić information content (AvgIpc) is 2.92. The highest BCUT2D eigenvalue weighted by molar-refractivity contribution is 6.35. The van der Waals surface area contributed by atoms with Crippen molar-refractivity contribution in [2.75, 3.05) is 0 Å². The molecule has 0 aliphatic carbocycles. The van der Waals surface area contributed by atoms with E-state index in [4.69, 9.17) is 39.3 Å². The van der Waals surface area contributed by atoms with E-state index < -0.39 is 0 Å². The fraction of sp³-hybridized carbons (Fsp3) is 0. The summed E-state index contributed by atoms with van der Waals surface area (Å²) in [6, 6.07) is 8.44. The van der Waals surface area contributed by atoms with Gasteiger partial charge in [0.15, 0.2) is 0 Å². The van der Waals surface area contributed by atoms with E-state index in [-0.39, 0.29) is 0 Å². The minimum absolute atomic E-state index is 0.334. The maximum Gasteiger partial charge on any atom is 0.259 e. The van der Waals surface area contributed by atoms with Gasteiger partial charge in [0.1, 0.15) is 5.15 Å². The monoisotopic (exact) mass is 325 g/mol. The summed E-state index contributed by atoms with van der Waals surface area (Å²) in [7, 11) is 0. The minimum Gasteiger partial charge on any atom is -0.334 e. The van der Waals surface area contributed by atoms with Crippen molar-refractivity contribution in [1.29, 1.82) is 0 Å². The van der Waals surface area contributed by atoms with Gasteiger partial charge in [-0.15, -0.1) is 0 Å². The van der Waals surface area contributed by atoms with Crippen molar-refractivity contribution in [3.8, 4) is 22.8 Å². The molecule has 0 saturated carbocycles. The zero-order chi connectivity index (χ0) is 14.1. The van der Waals surface area contributed by atoms with Gasteiger partial charge in [0.25, 0.3) is 5.89 Å². The summed E-state index contributed by atoms with van der Waals surface area (Å²) in [4.78, 5) is 8.24. The number of benzene rings is 1. The first-order valence-corrected chi connectivity index (χ1v) is 6.68. The molecule has 0 spiro atoms. The van der Waals surface area contributed by atoms with E-state index in [1.165, 1.54) is 0 Å². The Kier molecular flexibility index (Phi) is 3.61. The van der Waals surface area contributed by atoms with Gasteiger partial charge < -0.3 is 4.52 Å². The van der Waals surface area contributed by atoms with Crippen LogP contribution in [0.5, 0.6) is 0 Å². The molecule has 2 aromatic heterocycles. The van der Waals surface area contributed by atoms with Crippen molar-refractivity contribution >= 4 is 34.8 Å². The second-order valence-electron chi connectivity index (χ2n) is 3.92. The maximum absolute atomic E-state index is 6.10. The molecule has 7 heteroatoms. The molecule has 1 aromatic carbocycles. The van der Waals surface area contributed by atoms with Crippen LogP contribution in [-0.2, 0) is 0 Å². The van der Waals surface area contributed by atoms with Crippen LogP contribution >= 0.6 is 34.8 Å². The van der Waals surface area contributed by atoms with Crippen LogP contribution in [-0.4, -0.2) is 15.1 Å². The van der Waals surface area contributed by atoms with Crippen LogP contribution in [0.15, 0.2) is 41.1 Å². The summed E-state index contributed by atoms with van der Waals surface area (Å²) in [6.07, 6.45) is 1.55. The lowest BCUT2D eigenvalue weighted by atomic mass is 10.2. The van der Waals surface area contributed by atoms with Gasteiger partial charge in [0.2, 0.25) is 5.82 Å². The third kappa shape index (κ3) is 2.63. The quantitative estimate of drug-likeness (QED) is 0.637. The molecule has 0 fully saturated rings. The van der Waals surface area contributed by atoms with Crippen LogP contribution in [0.1, 0.15) is 0 Å². The van der Waals surface area contributed by atoms with Crippen molar-refractivity contribution < 1.29 is 4.52 Å². The van der Waals surface area contributed by atoms with E-state index in [0.717, 1.165) is 0 Å². The number of hydrogen-bond donors (Lipinski definition) is 0. The molecule has 3 rings (SSSR count). The van der Waals surface area contributed by atoms with Gasteiger partial charge in [-0.05, 0) is 30.3 Å². The van der Waals surface area contributed by atoms with E-state index in [1.54, 1.807) is 36.5 Å². The molecule has 0 N–H and O–H groups in total. The van der Waals surface area contributed by atoms with Crippen molar-refractivity contribution in [2.24, 2.45) is 0 Å². The third-order valence-electron chi connectivity index (χ3n) is 2.57. The summed E-state index contributed by atoms with van der Waals surface area (Å²) in [6.45, 7) is 0. The van der Waals surface area contributed by atoms with Gasteiger partial charge in [0.05, 0.1) is 10.6 Å². The predicted octanol–water partition coefficient (Wildman–Crippen LogP) is 4.76. The molecule has 0 unspecified atom stereocenters. The van der Waals surface area contributed by atoms with E-state index in [2.05, 4.69) is 15.1 Å². The molecule has 100 valence electrons. The Balaban J connectivity index is 2.01. The summed E-state index contributed by atoms with van der Waals surface area (Å²) in [5, 5.41) is 5.33. The molecule has 20 heavy (non-hydrogen) atoms. The Labute approximate surface area is 129 Å². The average molecular weight is 327 g/mol. The Morgan fingerprint density at radius 2 is 1.85 bits per heavy atom. The summed E-state index contributed by atoms with van der Waals surface area (Å²) in [5.74, 6) is 0.697. The van der Waals surface area contributed by atoms with Gasteiger partial charge in [-0.3, -0.25) is 0 Å². The number of rotatable bonds is 2. The highest BCUT2D eigenvalue weighted by Gasteiger charge is 2.14. The fourth-order valence-corrected chi connectivity index (χ4v) is 2.11. The molecule has 4 nitrogen and oxygen atoms in total. The standard InChI is InChI=1S/C13H6Cl3N3O/c14-8-2-3-10(15)9(5-8)12-18-13(20-19-12)7-1-4-11(16)17-6-7/h1-6H. The first kappa shape index (κ1) is 13.4. The molecule has 0 radical (unpaired) electrons. The van der Waals surface area contributed by atoms with Crippen LogP contribution in [0.25, 0.3) is 22.8 Å². The van der Waals surface area contributed by atoms with E-state index in [1.807, 2.05) is 0 Å². The third-order valence-corrected chi connectivity index (χ3v) is 3.36. The Bertz CT molecular complexity index is 756. The first-order valence-electron chi connectivity index (χ1n) is 5.54.